The van der Waals surface area contributed by atoms with E-state index in [2.05, 4.69) is 5.10 Å². The highest BCUT2D eigenvalue weighted by Gasteiger charge is 2.33. The zero-order valence-corrected chi connectivity index (χ0v) is 15.4. The van der Waals surface area contributed by atoms with Crippen LogP contribution in [0.4, 0.5) is 4.39 Å². The lowest BCUT2D eigenvalue weighted by Crippen LogP contribution is -2.24. The lowest BCUT2D eigenvalue weighted by Gasteiger charge is -2.21. The van der Waals surface area contributed by atoms with Gasteiger partial charge in [0, 0.05) is 23.9 Å². The molecule has 26 heavy (non-hydrogen) atoms. The Hall–Kier alpha value is -2.60. The molecule has 0 radical (unpaired) electrons. The van der Waals surface area contributed by atoms with Crippen LogP contribution < -0.4 is 9.47 Å². The molecule has 0 unspecified atom stereocenters. The fraction of sp³-hybridized carbons (Fsp3) is 0.263. The number of halogens is 2. The summed E-state index contributed by atoms with van der Waals surface area (Å²) < 4.78 is 23.9. The third-order valence-corrected chi connectivity index (χ3v) is 4.60. The molecule has 0 saturated carbocycles. The highest BCUT2D eigenvalue weighted by atomic mass is 35.5. The average molecular weight is 377 g/mol. The van der Waals surface area contributed by atoms with Gasteiger partial charge >= 0.3 is 0 Å². The van der Waals surface area contributed by atoms with E-state index in [9.17, 15) is 9.18 Å². The minimum atomic E-state index is -0.424. The summed E-state index contributed by atoms with van der Waals surface area (Å²) in [4.78, 5) is 12.1. The molecule has 3 rings (SSSR count). The van der Waals surface area contributed by atoms with E-state index in [0.717, 1.165) is 5.56 Å². The van der Waals surface area contributed by atoms with Gasteiger partial charge < -0.3 is 9.47 Å². The van der Waals surface area contributed by atoms with Crippen LogP contribution in [0, 0.1) is 5.82 Å². The van der Waals surface area contributed by atoms with E-state index < -0.39 is 5.82 Å². The Labute approximate surface area is 156 Å². The molecular formula is C19H18ClFN2O3. The molecule has 2 aromatic carbocycles. The van der Waals surface area contributed by atoms with E-state index in [0.29, 0.717) is 29.2 Å². The second kappa shape index (κ2) is 7.33. The molecule has 0 bridgehead atoms. The lowest BCUT2D eigenvalue weighted by atomic mass is 9.98. The number of benzene rings is 2. The van der Waals surface area contributed by atoms with Crippen molar-refractivity contribution in [2.45, 2.75) is 19.4 Å². The van der Waals surface area contributed by atoms with Gasteiger partial charge in [0.15, 0.2) is 11.5 Å². The fourth-order valence-electron chi connectivity index (χ4n) is 3.00. The van der Waals surface area contributed by atoms with E-state index >= 15 is 0 Å². The second-order valence-electron chi connectivity index (χ2n) is 5.87. The molecule has 2 aromatic rings. The molecule has 1 amide bonds. The first-order chi connectivity index (χ1) is 12.4. The Bertz CT molecular complexity index is 885. The maximum atomic E-state index is 13.4. The summed E-state index contributed by atoms with van der Waals surface area (Å²) in [5, 5.41) is 6.11. The summed E-state index contributed by atoms with van der Waals surface area (Å²) >= 11 is 6.20. The molecule has 0 aromatic heterocycles. The Balaban J connectivity index is 1.98. The lowest BCUT2D eigenvalue weighted by molar-refractivity contribution is -0.130. The molecule has 1 heterocycles. The van der Waals surface area contributed by atoms with Crippen molar-refractivity contribution in [1.82, 2.24) is 5.01 Å². The molecule has 0 fully saturated rings. The number of amides is 1. The molecule has 136 valence electrons. The molecular weight excluding hydrogens is 359 g/mol. The number of hydrogen-bond acceptors (Lipinski definition) is 4. The van der Waals surface area contributed by atoms with Crippen LogP contribution in [0.3, 0.4) is 0 Å². The smallest absolute Gasteiger partial charge is 0.240 e. The van der Waals surface area contributed by atoms with Crippen LogP contribution in [0.2, 0.25) is 5.02 Å². The van der Waals surface area contributed by atoms with Gasteiger partial charge in [0.2, 0.25) is 5.91 Å². The number of hydrogen-bond donors (Lipinski definition) is 0. The van der Waals surface area contributed by atoms with E-state index in [4.69, 9.17) is 21.1 Å². The van der Waals surface area contributed by atoms with Crippen molar-refractivity contribution in [3.05, 3.63) is 58.4 Å². The van der Waals surface area contributed by atoms with Crippen LogP contribution in [0.15, 0.2) is 41.5 Å². The summed E-state index contributed by atoms with van der Waals surface area (Å²) in [7, 11) is 3.12. The minimum Gasteiger partial charge on any atom is -0.493 e. The topological polar surface area (TPSA) is 51.1 Å². The summed E-state index contributed by atoms with van der Waals surface area (Å²) in [6.07, 6.45) is 0.459. The van der Waals surface area contributed by atoms with Gasteiger partial charge in [0.05, 0.1) is 26.0 Å². The molecule has 5 nitrogen and oxygen atoms in total. The normalized spacial score (nSPS) is 16.4. The summed E-state index contributed by atoms with van der Waals surface area (Å²) in [6.45, 7) is 1.44. The Morgan fingerprint density at radius 1 is 1.19 bits per heavy atom. The van der Waals surface area contributed by atoms with Crippen LogP contribution >= 0.6 is 11.6 Å². The van der Waals surface area contributed by atoms with Gasteiger partial charge in [-0.3, -0.25) is 4.79 Å². The van der Waals surface area contributed by atoms with Gasteiger partial charge in [-0.1, -0.05) is 17.7 Å². The van der Waals surface area contributed by atoms with Crippen molar-refractivity contribution in [2.24, 2.45) is 5.10 Å². The van der Waals surface area contributed by atoms with E-state index in [1.165, 1.54) is 24.1 Å². The van der Waals surface area contributed by atoms with Crippen molar-refractivity contribution in [1.29, 1.82) is 0 Å². The van der Waals surface area contributed by atoms with Gasteiger partial charge in [-0.2, -0.15) is 5.10 Å². The molecule has 1 aliphatic rings. The molecule has 1 atom stereocenters. The van der Waals surface area contributed by atoms with Crippen molar-refractivity contribution >= 4 is 23.2 Å². The summed E-state index contributed by atoms with van der Waals surface area (Å²) in [6, 6.07) is 9.22. The monoisotopic (exact) mass is 376 g/mol. The summed E-state index contributed by atoms with van der Waals surface area (Å²) in [5.74, 6) is 0.541. The number of nitrogens with zero attached hydrogens (tertiary/aromatic N) is 2. The first kappa shape index (κ1) is 18.2. The van der Waals surface area contributed by atoms with Gasteiger partial charge in [-0.25, -0.2) is 9.40 Å². The number of carbonyl (C=O) groups excluding carboxylic acids is 1. The Morgan fingerprint density at radius 2 is 1.92 bits per heavy atom. The van der Waals surface area contributed by atoms with Crippen LogP contribution in [0.1, 0.15) is 30.5 Å². The first-order valence-corrected chi connectivity index (χ1v) is 8.37. The van der Waals surface area contributed by atoms with E-state index in [-0.39, 0.29) is 17.0 Å². The van der Waals surface area contributed by atoms with Crippen LogP contribution in [0.5, 0.6) is 11.5 Å². The predicted molar refractivity (Wildman–Crippen MR) is 97.4 cm³/mol. The highest BCUT2D eigenvalue weighted by Crippen LogP contribution is 2.38. The molecule has 0 saturated heterocycles. The van der Waals surface area contributed by atoms with Crippen molar-refractivity contribution < 1.29 is 18.7 Å². The van der Waals surface area contributed by atoms with Gasteiger partial charge in [-0.05, 0) is 35.9 Å². The Kier molecular flexibility index (Phi) is 5.13. The van der Waals surface area contributed by atoms with Crippen molar-refractivity contribution in [2.75, 3.05) is 14.2 Å². The molecule has 0 N–H and O–H groups in total. The Morgan fingerprint density at radius 3 is 2.54 bits per heavy atom. The fourth-order valence-corrected chi connectivity index (χ4v) is 3.30. The third-order valence-electron chi connectivity index (χ3n) is 4.27. The summed E-state index contributed by atoms with van der Waals surface area (Å²) in [5.41, 5.74) is 2.18. The first-order valence-electron chi connectivity index (χ1n) is 7.99. The zero-order valence-electron chi connectivity index (χ0n) is 14.6. The van der Waals surface area contributed by atoms with Crippen LogP contribution in [-0.4, -0.2) is 30.8 Å². The van der Waals surface area contributed by atoms with E-state index in [1.807, 2.05) is 12.1 Å². The third kappa shape index (κ3) is 3.37. The van der Waals surface area contributed by atoms with E-state index in [1.54, 1.807) is 26.4 Å². The molecule has 0 aliphatic carbocycles. The minimum absolute atomic E-state index is 0.217. The van der Waals surface area contributed by atoms with Crippen LogP contribution in [-0.2, 0) is 4.79 Å². The second-order valence-corrected chi connectivity index (χ2v) is 6.27. The molecule has 7 heteroatoms. The van der Waals surface area contributed by atoms with Crippen molar-refractivity contribution in [3.63, 3.8) is 0 Å². The van der Waals surface area contributed by atoms with Crippen molar-refractivity contribution in [3.8, 4) is 11.5 Å². The van der Waals surface area contributed by atoms with Gasteiger partial charge in [-0.15, -0.1) is 0 Å². The standard InChI is InChI=1S/C19H18ClFN2O3/c1-11(24)23-17(14-6-5-13(21)9-15(14)20)10-16(22-23)12-4-7-18(25-2)19(8-12)26-3/h4-9,17H,10H2,1-3H3/t17-/m0/s1. The maximum Gasteiger partial charge on any atom is 0.240 e. The molecule has 0 spiro atoms. The quantitative estimate of drug-likeness (QED) is 0.803. The van der Waals surface area contributed by atoms with Crippen LogP contribution in [0.25, 0.3) is 0 Å². The average Bonchev–Trinajstić information content (AvgIpc) is 3.06. The largest absolute Gasteiger partial charge is 0.493 e. The molecule has 1 aliphatic heterocycles. The number of methoxy groups -OCH3 is 2. The number of carbonyl (C=O) groups is 1. The number of hydrazone groups is 1. The zero-order chi connectivity index (χ0) is 18.8. The highest BCUT2D eigenvalue weighted by molar-refractivity contribution is 6.31. The van der Waals surface area contributed by atoms with Gasteiger partial charge in [0.1, 0.15) is 5.82 Å². The predicted octanol–water partition coefficient (Wildman–Crippen LogP) is 4.19. The number of rotatable bonds is 4. The SMILES string of the molecule is COc1ccc(C2=NN(C(C)=O)[C@H](c3ccc(F)cc3Cl)C2)cc1OC. The van der Waals surface area contributed by atoms with Gasteiger partial charge in [0.25, 0.3) is 0 Å². The maximum absolute atomic E-state index is 13.4. The number of ether oxygens (including phenoxy) is 2.